The van der Waals surface area contributed by atoms with Crippen molar-refractivity contribution in [2.24, 2.45) is 0 Å². The first-order valence-electron chi connectivity index (χ1n) is 16.2. The molecule has 13 heteroatoms. The molecule has 4 N–H and O–H groups in total. The SMILES string of the molecule is Cc1nc2cc(C(=O)N3CCOC4(CCN(CCOc5ccc(CNC[C@H](O)c6ccc(O)c7[nH]c(=O)sc67)cc5)CC4)C3)ccc2s1. The smallest absolute Gasteiger partial charge is 0.305 e. The Bertz CT molecular complexity index is 1960. The zero-order valence-electron chi connectivity index (χ0n) is 26.7. The van der Waals surface area contributed by atoms with Crippen LogP contribution in [0.2, 0.25) is 0 Å². The van der Waals surface area contributed by atoms with Crippen molar-refractivity contribution >= 4 is 49.0 Å². The number of aliphatic hydroxyl groups excluding tert-OH is 1. The Morgan fingerprint density at radius 3 is 2.75 bits per heavy atom. The number of aromatic nitrogens is 2. The number of morpholine rings is 1. The van der Waals surface area contributed by atoms with Crippen LogP contribution in [0.4, 0.5) is 0 Å². The van der Waals surface area contributed by atoms with Crippen molar-refractivity contribution < 1.29 is 24.5 Å². The third kappa shape index (κ3) is 7.12. The van der Waals surface area contributed by atoms with Crippen LogP contribution in [0, 0.1) is 6.92 Å². The lowest BCUT2D eigenvalue weighted by atomic mass is 9.89. The van der Waals surface area contributed by atoms with Gasteiger partial charge in [0.25, 0.3) is 5.91 Å². The van der Waals surface area contributed by atoms with E-state index in [1.54, 1.807) is 17.4 Å². The maximum atomic E-state index is 13.4. The zero-order valence-corrected chi connectivity index (χ0v) is 28.4. The van der Waals surface area contributed by atoms with Crippen molar-refractivity contribution in [1.29, 1.82) is 0 Å². The molecule has 0 saturated carbocycles. The number of aryl methyl sites for hydroxylation is 1. The molecule has 48 heavy (non-hydrogen) atoms. The summed E-state index contributed by atoms with van der Waals surface area (Å²) >= 11 is 2.62. The number of hydrogen-bond acceptors (Lipinski definition) is 11. The molecule has 252 valence electrons. The van der Waals surface area contributed by atoms with Crippen LogP contribution in [0.15, 0.2) is 59.4 Å². The topological polar surface area (TPSA) is 140 Å². The van der Waals surface area contributed by atoms with Gasteiger partial charge in [0.05, 0.1) is 44.8 Å². The van der Waals surface area contributed by atoms with Gasteiger partial charge in [0.15, 0.2) is 0 Å². The van der Waals surface area contributed by atoms with Crippen LogP contribution in [0.3, 0.4) is 0 Å². The molecule has 2 aliphatic heterocycles. The summed E-state index contributed by atoms with van der Waals surface area (Å²) in [7, 11) is 0. The number of nitrogens with zero attached hydrogens (tertiary/aromatic N) is 3. The molecule has 5 aromatic rings. The Morgan fingerprint density at radius 1 is 1.12 bits per heavy atom. The number of ether oxygens (including phenoxy) is 2. The molecular weight excluding hydrogens is 651 g/mol. The van der Waals surface area contributed by atoms with Crippen molar-refractivity contribution in [2.45, 2.75) is 38.0 Å². The maximum absolute atomic E-state index is 13.4. The van der Waals surface area contributed by atoms with Gasteiger partial charge in [0, 0.05) is 50.4 Å². The fourth-order valence-corrected chi connectivity index (χ4v) is 8.35. The summed E-state index contributed by atoms with van der Waals surface area (Å²) in [5.41, 5.74) is 3.28. The van der Waals surface area contributed by atoms with Crippen LogP contribution in [-0.2, 0) is 11.3 Å². The zero-order chi connectivity index (χ0) is 33.3. The van der Waals surface area contributed by atoms with E-state index in [0.29, 0.717) is 60.7 Å². The number of H-pyrrole nitrogens is 1. The minimum Gasteiger partial charge on any atom is -0.506 e. The molecule has 2 aliphatic rings. The summed E-state index contributed by atoms with van der Waals surface area (Å²) in [6, 6.07) is 16.9. The van der Waals surface area contributed by atoms with E-state index < -0.39 is 6.10 Å². The average molecular weight is 690 g/mol. The Labute approximate surface area is 285 Å². The Kier molecular flexibility index (Phi) is 9.49. The lowest BCUT2D eigenvalue weighted by Crippen LogP contribution is -2.58. The lowest BCUT2D eigenvalue weighted by Gasteiger charge is -2.47. The quantitative estimate of drug-likeness (QED) is 0.168. The second-order valence-electron chi connectivity index (χ2n) is 12.5. The first kappa shape index (κ1) is 32.7. The number of aromatic hydroxyl groups is 1. The van der Waals surface area contributed by atoms with Crippen LogP contribution < -0.4 is 14.9 Å². The summed E-state index contributed by atoms with van der Waals surface area (Å²) in [5.74, 6) is 0.844. The standard InChI is InChI=1S/C35H39N5O6S2/c1-22-37-27-18-24(4-9-30(27)47-22)33(43)40-15-17-46-35(21-40)10-12-39(13-11-35)14-16-45-25-5-2-23(3-6-25)19-36-20-29(42)26-7-8-28(41)31-32(26)48-34(44)38-31/h2-9,18,29,36,41-42H,10-17,19-21H2,1H3,(H,38,44)/t29-/m0/s1. The molecular formula is C35H39N5O6S2. The van der Waals surface area contributed by atoms with Gasteiger partial charge in [-0.15, -0.1) is 11.3 Å². The normalized spacial score (nSPS) is 17.3. The van der Waals surface area contributed by atoms with E-state index in [2.05, 4.69) is 20.2 Å². The van der Waals surface area contributed by atoms with E-state index in [0.717, 1.165) is 70.3 Å². The van der Waals surface area contributed by atoms with E-state index in [4.69, 9.17) is 9.47 Å². The minimum absolute atomic E-state index is 0.00819. The van der Waals surface area contributed by atoms with E-state index in [-0.39, 0.29) is 22.1 Å². The molecule has 2 saturated heterocycles. The second-order valence-corrected chi connectivity index (χ2v) is 14.8. The third-order valence-electron chi connectivity index (χ3n) is 9.26. The first-order valence-corrected chi connectivity index (χ1v) is 17.9. The maximum Gasteiger partial charge on any atom is 0.305 e. The van der Waals surface area contributed by atoms with Crippen molar-refractivity contribution in [3.8, 4) is 11.5 Å². The lowest BCUT2D eigenvalue weighted by molar-refractivity contribution is -0.127. The summed E-state index contributed by atoms with van der Waals surface area (Å²) in [6.07, 6.45) is 0.924. The van der Waals surface area contributed by atoms with Crippen LogP contribution in [0.25, 0.3) is 20.4 Å². The van der Waals surface area contributed by atoms with E-state index in [9.17, 15) is 19.8 Å². The highest BCUT2D eigenvalue weighted by atomic mass is 32.1. The molecule has 0 bridgehead atoms. The number of piperidine rings is 1. The Balaban J connectivity index is 0.834. The number of likely N-dealkylation sites (tertiary alicyclic amines) is 1. The number of benzene rings is 3. The predicted molar refractivity (Wildman–Crippen MR) is 187 cm³/mol. The number of rotatable bonds is 10. The molecule has 0 radical (unpaired) electrons. The molecule has 2 fully saturated rings. The number of amides is 1. The first-order chi connectivity index (χ1) is 23.2. The van der Waals surface area contributed by atoms with Crippen LogP contribution in [-0.4, -0.2) is 94.0 Å². The average Bonchev–Trinajstić information content (AvgIpc) is 3.67. The highest BCUT2D eigenvalue weighted by Crippen LogP contribution is 2.33. The highest BCUT2D eigenvalue weighted by molar-refractivity contribution is 7.18. The number of carbonyl (C=O) groups is 1. The molecule has 0 aliphatic carbocycles. The van der Waals surface area contributed by atoms with Gasteiger partial charge in [-0.05, 0) is 61.7 Å². The van der Waals surface area contributed by atoms with Gasteiger partial charge in [-0.3, -0.25) is 14.5 Å². The largest absolute Gasteiger partial charge is 0.506 e. The summed E-state index contributed by atoms with van der Waals surface area (Å²) in [5, 5.41) is 25.0. The van der Waals surface area contributed by atoms with E-state index >= 15 is 0 Å². The number of aliphatic hydroxyl groups is 1. The number of aromatic amines is 1. The van der Waals surface area contributed by atoms with Gasteiger partial charge < -0.3 is 34.9 Å². The number of fused-ring (bicyclic) bond motifs is 2. The summed E-state index contributed by atoms with van der Waals surface area (Å²) in [6.45, 7) is 7.78. The highest BCUT2D eigenvalue weighted by Gasteiger charge is 2.41. The fraction of sp³-hybridized carbons (Fsp3) is 0.400. The number of carbonyl (C=O) groups excluding carboxylic acids is 1. The molecule has 1 spiro atoms. The van der Waals surface area contributed by atoms with Gasteiger partial charge >= 0.3 is 4.87 Å². The van der Waals surface area contributed by atoms with Gasteiger partial charge in [-0.1, -0.05) is 29.5 Å². The summed E-state index contributed by atoms with van der Waals surface area (Å²) < 4.78 is 14.0. The predicted octanol–water partition coefficient (Wildman–Crippen LogP) is 4.42. The van der Waals surface area contributed by atoms with E-state index in [1.165, 1.54) is 6.07 Å². The van der Waals surface area contributed by atoms with Crippen molar-refractivity contribution in [2.75, 3.05) is 52.5 Å². The number of phenols is 1. The van der Waals surface area contributed by atoms with Crippen LogP contribution in [0.5, 0.6) is 11.5 Å². The number of nitrogens with one attached hydrogen (secondary N) is 2. The van der Waals surface area contributed by atoms with Gasteiger partial charge in [-0.2, -0.15) is 0 Å². The Hall–Kier alpha value is -3.85. The van der Waals surface area contributed by atoms with Crippen molar-refractivity contribution in [1.82, 2.24) is 25.1 Å². The van der Waals surface area contributed by atoms with Crippen LogP contribution in [0.1, 0.15) is 45.4 Å². The Morgan fingerprint density at radius 2 is 1.94 bits per heavy atom. The molecule has 1 amide bonds. The van der Waals surface area contributed by atoms with Gasteiger partial charge in [-0.25, -0.2) is 4.98 Å². The molecule has 11 nitrogen and oxygen atoms in total. The third-order valence-corrected chi connectivity index (χ3v) is 11.1. The molecule has 1 atom stereocenters. The second kappa shape index (κ2) is 13.9. The monoisotopic (exact) mass is 689 g/mol. The van der Waals surface area contributed by atoms with Crippen LogP contribution >= 0.6 is 22.7 Å². The number of hydrogen-bond donors (Lipinski definition) is 4. The molecule has 0 unspecified atom stereocenters. The molecule has 3 aromatic carbocycles. The number of thiazole rings is 2. The summed E-state index contributed by atoms with van der Waals surface area (Å²) in [4.78, 5) is 36.4. The van der Waals surface area contributed by atoms with E-state index in [1.807, 2.05) is 54.3 Å². The molecule has 7 rings (SSSR count). The van der Waals surface area contributed by atoms with Gasteiger partial charge in [0.2, 0.25) is 0 Å². The van der Waals surface area contributed by atoms with Crippen molar-refractivity contribution in [3.05, 3.63) is 86.0 Å². The number of phenolic OH excluding ortho intramolecular Hbond substituents is 1. The molecule has 4 heterocycles. The van der Waals surface area contributed by atoms with Crippen molar-refractivity contribution in [3.63, 3.8) is 0 Å². The van der Waals surface area contributed by atoms with Gasteiger partial charge in [0.1, 0.15) is 23.6 Å². The minimum atomic E-state index is -0.827. The fourth-order valence-electron chi connectivity index (χ4n) is 6.62. The molecule has 2 aromatic heterocycles.